The van der Waals surface area contributed by atoms with Crippen LogP contribution in [-0.2, 0) is 4.79 Å². The Morgan fingerprint density at radius 2 is 2.00 bits per heavy atom. The zero-order valence-corrected chi connectivity index (χ0v) is 12.8. The highest BCUT2D eigenvalue weighted by molar-refractivity contribution is 5.77. The number of amides is 1. The van der Waals surface area contributed by atoms with E-state index in [-0.39, 0.29) is 11.8 Å². The van der Waals surface area contributed by atoms with Crippen LogP contribution in [-0.4, -0.2) is 37.6 Å². The Bertz CT molecular complexity index is 248. The van der Waals surface area contributed by atoms with E-state index in [0.29, 0.717) is 12.1 Å². The van der Waals surface area contributed by atoms with Crippen LogP contribution < -0.4 is 16.0 Å². The summed E-state index contributed by atoms with van der Waals surface area (Å²) in [5, 5.41) is 10.1. The SMILES string of the molecule is CC(CC1CCCCCN1)NCCNC(=O)C(C)C. The molecule has 112 valence electrons. The zero-order valence-electron chi connectivity index (χ0n) is 12.8. The Morgan fingerprint density at radius 3 is 2.74 bits per heavy atom. The summed E-state index contributed by atoms with van der Waals surface area (Å²) in [6.45, 7) is 8.82. The van der Waals surface area contributed by atoms with Crippen LogP contribution >= 0.6 is 0 Å². The molecule has 2 unspecified atom stereocenters. The second kappa shape index (κ2) is 9.32. The van der Waals surface area contributed by atoms with Crippen LogP contribution in [0.4, 0.5) is 0 Å². The Labute approximate surface area is 118 Å². The van der Waals surface area contributed by atoms with Crippen molar-refractivity contribution in [2.45, 2.75) is 65.0 Å². The molecule has 1 aliphatic rings. The van der Waals surface area contributed by atoms with Gasteiger partial charge in [0, 0.05) is 31.1 Å². The number of carbonyl (C=O) groups excluding carboxylic acids is 1. The number of carbonyl (C=O) groups is 1. The molecule has 0 aliphatic carbocycles. The number of hydrogen-bond donors (Lipinski definition) is 3. The second-order valence-electron chi connectivity index (χ2n) is 6.04. The maximum absolute atomic E-state index is 11.4. The highest BCUT2D eigenvalue weighted by atomic mass is 16.1. The lowest BCUT2D eigenvalue weighted by atomic mass is 10.0. The smallest absolute Gasteiger partial charge is 0.222 e. The summed E-state index contributed by atoms with van der Waals surface area (Å²) >= 11 is 0. The average Bonchev–Trinajstić information content (AvgIpc) is 2.62. The molecule has 1 saturated heterocycles. The molecule has 1 amide bonds. The minimum Gasteiger partial charge on any atom is -0.355 e. The zero-order chi connectivity index (χ0) is 14.1. The summed E-state index contributed by atoms with van der Waals surface area (Å²) in [5.74, 6) is 0.215. The molecule has 19 heavy (non-hydrogen) atoms. The van der Waals surface area contributed by atoms with E-state index >= 15 is 0 Å². The van der Waals surface area contributed by atoms with Gasteiger partial charge in [-0.2, -0.15) is 0 Å². The molecule has 1 heterocycles. The van der Waals surface area contributed by atoms with Crippen molar-refractivity contribution in [3.05, 3.63) is 0 Å². The van der Waals surface area contributed by atoms with Crippen LogP contribution in [0.1, 0.15) is 52.9 Å². The predicted molar refractivity (Wildman–Crippen MR) is 80.2 cm³/mol. The van der Waals surface area contributed by atoms with Crippen LogP contribution in [0, 0.1) is 5.92 Å². The Hall–Kier alpha value is -0.610. The third kappa shape index (κ3) is 7.53. The first-order valence-electron chi connectivity index (χ1n) is 7.84. The topological polar surface area (TPSA) is 53.2 Å². The molecular formula is C15H31N3O. The third-order valence-electron chi connectivity index (χ3n) is 3.74. The maximum Gasteiger partial charge on any atom is 0.222 e. The Balaban J connectivity index is 2.06. The lowest BCUT2D eigenvalue weighted by Crippen LogP contribution is -2.40. The first-order valence-corrected chi connectivity index (χ1v) is 7.84. The molecule has 1 fully saturated rings. The molecule has 3 N–H and O–H groups in total. The van der Waals surface area contributed by atoms with Gasteiger partial charge in [-0.25, -0.2) is 0 Å². The predicted octanol–water partition coefficient (Wildman–Crippen LogP) is 1.66. The minimum atomic E-state index is 0.0765. The number of rotatable bonds is 7. The summed E-state index contributed by atoms with van der Waals surface area (Å²) < 4.78 is 0. The van der Waals surface area contributed by atoms with E-state index in [1.807, 2.05) is 13.8 Å². The van der Waals surface area contributed by atoms with Crippen molar-refractivity contribution in [3.63, 3.8) is 0 Å². The van der Waals surface area contributed by atoms with Crippen LogP contribution in [0.3, 0.4) is 0 Å². The van der Waals surface area contributed by atoms with Crippen molar-refractivity contribution < 1.29 is 4.79 Å². The molecule has 0 saturated carbocycles. The molecule has 0 aromatic heterocycles. The fourth-order valence-electron chi connectivity index (χ4n) is 2.52. The quantitative estimate of drug-likeness (QED) is 0.616. The van der Waals surface area contributed by atoms with Crippen LogP contribution in [0.25, 0.3) is 0 Å². The first kappa shape index (κ1) is 16.4. The van der Waals surface area contributed by atoms with Gasteiger partial charge in [0.1, 0.15) is 0 Å². The summed E-state index contributed by atoms with van der Waals surface area (Å²) in [4.78, 5) is 11.4. The Morgan fingerprint density at radius 1 is 1.21 bits per heavy atom. The molecule has 0 spiro atoms. The van der Waals surface area contributed by atoms with Crippen molar-refractivity contribution in [3.8, 4) is 0 Å². The standard InChI is InChI=1S/C15H31N3O/c1-12(2)15(19)18-10-9-16-13(3)11-14-7-5-4-6-8-17-14/h12-14,16-17H,4-11H2,1-3H3,(H,18,19). The van der Waals surface area contributed by atoms with Crippen molar-refractivity contribution in [2.24, 2.45) is 5.92 Å². The highest BCUT2D eigenvalue weighted by Gasteiger charge is 2.14. The third-order valence-corrected chi connectivity index (χ3v) is 3.74. The fourth-order valence-corrected chi connectivity index (χ4v) is 2.52. The van der Waals surface area contributed by atoms with Crippen molar-refractivity contribution in [1.82, 2.24) is 16.0 Å². The molecule has 4 heteroatoms. The summed E-state index contributed by atoms with van der Waals surface area (Å²) in [7, 11) is 0. The molecular weight excluding hydrogens is 238 g/mol. The van der Waals surface area contributed by atoms with Gasteiger partial charge in [0.15, 0.2) is 0 Å². The van der Waals surface area contributed by atoms with Gasteiger partial charge in [0.2, 0.25) is 5.91 Å². The lowest BCUT2D eigenvalue weighted by molar-refractivity contribution is -0.123. The molecule has 2 atom stereocenters. The number of hydrogen-bond acceptors (Lipinski definition) is 3. The van der Waals surface area contributed by atoms with Crippen LogP contribution in [0.5, 0.6) is 0 Å². The minimum absolute atomic E-state index is 0.0765. The Kier molecular flexibility index (Phi) is 8.07. The van der Waals surface area contributed by atoms with Crippen LogP contribution in [0.15, 0.2) is 0 Å². The summed E-state index contributed by atoms with van der Waals surface area (Å²) in [5.41, 5.74) is 0. The van der Waals surface area contributed by atoms with E-state index in [2.05, 4.69) is 22.9 Å². The van der Waals surface area contributed by atoms with E-state index in [1.54, 1.807) is 0 Å². The van der Waals surface area contributed by atoms with Gasteiger partial charge in [0.25, 0.3) is 0 Å². The van der Waals surface area contributed by atoms with Gasteiger partial charge in [0.05, 0.1) is 0 Å². The largest absolute Gasteiger partial charge is 0.355 e. The van der Waals surface area contributed by atoms with Crippen molar-refractivity contribution in [1.29, 1.82) is 0 Å². The maximum atomic E-state index is 11.4. The normalized spacial score (nSPS) is 22.0. The van der Waals surface area contributed by atoms with E-state index in [4.69, 9.17) is 0 Å². The van der Waals surface area contributed by atoms with Gasteiger partial charge in [-0.1, -0.05) is 26.7 Å². The molecule has 4 nitrogen and oxygen atoms in total. The molecule has 0 aromatic rings. The van der Waals surface area contributed by atoms with Crippen LogP contribution in [0.2, 0.25) is 0 Å². The number of nitrogens with one attached hydrogen (secondary N) is 3. The highest BCUT2D eigenvalue weighted by Crippen LogP contribution is 2.12. The van der Waals surface area contributed by atoms with Crippen molar-refractivity contribution >= 4 is 5.91 Å². The molecule has 0 radical (unpaired) electrons. The van der Waals surface area contributed by atoms with Gasteiger partial charge < -0.3 is 16.0 Å². The molecule has 0 bridgehead atoms. The monoisotopic (exact) mass is 269 g/mol. The van der Waals surface area contributed by atoms with Crippen molar-refractivity contribution in [2.75, 3.05) is 19.6 Å². The second-order valence-corrected chi connectivity index (χ2v) is 6.04. The van der Waals surface area contributed by atoms with Gasteiger partial charge in [-0.15, -0.1) is 0 Å². The summed E-state index contributed by atoms with van der Waals surface area (Å²) in [6, 6.07) is 1.17. The lowest BCUT2D eigenvalue weighted by Gasteiger charge is -2.21. The van der Waals surface area contributed by atoms with Gasteiger partial charge >= 0.3 is 0 Å². The summed E-state index contributed by atoms with van der Waals surface area (Å²) in [6.07, 6.45) is 6.52. The van der Waals surface area contributed by atoms with Gasteiger partial charge in [-0.3, -0.25) is 4.79 Å². The fraction of sp³-hybridized carbons (Fsp3) is 0.933. The van der Waals surface area contributed by atoms with E-state index in [0.717, 1.165) is 13.1 Å². The molecule has 0 aromatic carbocycles. The van der Waals surface area contributed by atoms with Gasteiger partial charge in [-0.05, 0) is 32.7 Å². The molecule has 1 rings (SSSR count). The molecule has 1 aliphatic heterocycles. The van der Waals surface area contributed by atoms with E-state index in [1.165, 1.54) is 38.6 Å². The van der Waals surface area contributed by atoms with E-state index in [9.17, 15) is 4.79 Å². The average molecular weight is 269 g/mol. The first-order chi connectivity index (χ1) is 9.09. The van der Waals surface area contributed by atoms with E-state index < -0.39 is 0 Å².